The number of methoxy groups -OCH3 is 2. The van der Waals surface area contributed by atoms with E-state index in [4.69, 9.17) is 9.47 Å². The summed E-state index contributed by atoms with van der Waals surface area (Å²) in [4.78, 5) is 0. The van der Waals surface area contributed by atoms with E-state index < -0.39 is 0 Å². The predicted molar refractivity (Wildman–Crippen MR) is 191 cm³/mol. The Morgan fingerprint density at radius 3 is 1.98 bits per heavy atom. The molecule has 230 valence electrons. The molecule has 0 heterocycles. The lowest BCUT2D eigenvalue weighted by atomic mass is 9.73. The molecule has 0 fully saturated rings. The molecule has 1 aliphatic rings. The molecular formula is C42H45NO2. The van der Waals surface area contributed by atoms with Gasteiger partial charge < -0.3 is 14.8 Å². The van der Waals surface area contributed by atoms with Gasteiger partial charge in [-0.05, 0) is 137 Å². The molecule has 3 heteroatoms. The van der Waals surface area contributed by atoms with Gasteiger partial charge in [-0.2, -0.15) is 0 Å². The van der Waals surface area contributed by atoms with Gasteiger partial charge in [0.25, 0.3) is 0 Å². The molecule has 5 aromatic rings. The summed E-state index contributed by atoms with van der Waals surface area (Å²) in [5, 5.41) is 5.81. The highest BCUT2D eigenvalue weighted by Gasteiger charge is 2.40. The zero-order valence-corrected chi connectivity index (χ0v) is 28.4. The molecule has 0 saturated heterocycles. The predicted octanol–water partition coefficient (Wildman–Crippen LogP) is 10.5. The number of hydrogen-bond acceptors (Lipinski definition) is 3. The van der Waals surface area contributed by atoms with Crippen molar-refractivity contribution in [3.8, 4) is 22.6 Å². The molecule has 0 aromatic heterocycles. The number of nitrogens with one attached hydrogen (secondary N) is 1. The van der Waals surface area contributed by atoms with Gasteiger partial charge in [0.05, 0.1) is 14.2 Å². The van der Waals surface area contributed by atoms with Crippen LogP contribution in [0.25, 0.3) is 28.0 Å². The molecule has 1 aliphatic carbocycles. The van der Waals surface area contributed by atoms with Crippen LogP contribution in [0, 0.1) is 27.7 Å². The van der Waals surface area contributed by atoms with Crippen molar-refractivity contribution in [1.82, 2.24) is 0 Å². The largest absolute Gasteiger partial charge is 0.497 e. The SMILES string of the molecule is CNc1ccc(C(C)(/C=C\c2c3c(c4cc(C)c(OC)cc4c2C)-c2cc(C)cc(C)c2C3(C)C)c2ccc(OC)cc2)cc1. The lowest BCUT2D eigenvalue weighted by molar-refractivity contribution is 0.412. The summed E-state index contributed by atoms with van der Waals surface area (Å²) >= 11 is 0. The van der Waals surface area contributed by atoms with Crippen LogP contribution >= 0.6 is 0 Å². The molecule has 5 aromatic carbocycles. The zero-order chi connectivity index (χ0) is 32.3. The van der Waals surface area contributed by atoms with E-state index in [-0.39, 0.29) is 10.8 Å². The fourth-order valence-electron chi connectivity index (χ4n) is 7.81. The van der Waals surface area contributed by atoms with Gasteiger partial charge in [-0.25, -0.2) is 0 Å². The summed E-state index contributed by atoms with van der Waals surface area (Å²) in [6.45, 7) is 16.0. The van der Waals surface area contributed by atoms with Crippen LogP contribution in [0.15, 0.2) is 78.9 Å². The van der Waals surface area contributed by atoms with E-state index in [9.17, 15) is 0 Å². The molecule has 1 atom stereocenters. The van der Waals surface area contributed by atoms with Crippen LogP contribution in [-0.2, 0) is 10.8 Å². The second-order valence-corrected chi connectivity index (χ2v) is 13.4. The molecule has 0 aliphatic heterocycles. The number of rotatable bonds is 7. The molecule has 1 unspecified atom stereocenters. The number of aryl methyl sites for hydroxylation is 4. The Morgan fingerprint density at radius 2 is 1.38 bits per heavy atom. The highest BCUT2D eigenvalue weighted by Crippen LogP contribution is 2.56. The van der Waals surface area contributed by atoms with Crippen LogP contribution in [0.5, 0.6) is 11.5 Å². The molecule has 3 nitrogen and oxygen atoms in total. The smallest absolute Gasteiger partial charge is 0.122 e. The second kappa shape index (κ2) is 11.1. The zero-order valence-electron chi connectivity index (χ0n) is 28.4. The van der Waals surface area contributed by atoms with Crippen LogP contribution in [0.3, 0.4) is 0 Å². The Bertz CT molecular complexity index is 1910. The van der Waals surface area contributed by atoms with Gasteiger partial charge >= 0.3 is 0 Å². The van der Waals surface area contributed by atoms with Crippen LogP contribution in [0.4, 0.5) is 5.69 Å². The minimum atomic E-state index is -0.389. The van der Waals surface area contributed by atoms with Crippen molar-refractivity contribution < 1.29 is 9.47 Å². The Hall–Kier alpha value is -4.50. The summed E-state index contributed by atoms with van der Waals surface area (Å²) in [6, 6.07) is 26.6. The van der Waals surface area contributed by atoms with Gasteiger partial charge in [-0.1, -0.05) is 68.0 Å². The summed E-state index contributed by atoms with van der Waals surface area (Å²) in [6.07, 6.45) is 4.80. The van der Waals surface area contributed by atoms with Gasteiger partial charge in [-0.15, -0.1) is 0 Å². The lowest BCUT2D eigenvalue weighted by Crippen LogP contribution is -2.21. The molecule has 0 radical (unpaired) electrons. The van der Waals surface area contributed by atoms with Crippen molar-refractivity contribution in [3.05, 3.63) is 129 Å². The van der Waals surface area contributed by atoms with Crippen LogP contribution in [-0.4, -0.2) is 21.3 Å². The van der Waals surface area contributed by atoms with E-state index in [1.54, 1.807) is 14.2 Å². The van der Waals surface area contributed by atoms with Crippen molar-refractivity contribution in [3.63, 3.8) is 0 Å². The quantitative estimate of drug-likeness (QED) is 0.203. The Morgan fingerprint density at radius 1 is 0.733 bits per heavy atom. The average Bonchev–Trinajstić information content (AvgIpc) is 3.27. The Balaban J connectivity index is 1.67. The topological polar surface area (TPSA) is 30.5 Å². The number of anilines is 1. The van der Waals surface area contributed by atoms with Crippen molar-refractivity contribution >= 4 is 22.5 Å². The molecule has 0 bridgehead atoms. The first-order valence-electron chi connectivity index (χ1n) is 15.8. The minimum absolute atomic E-state index is 0.167. The first kappa shape index (κ1) is 30.5. The van der Waals surface area contributed by atoms with E-state index in [2.05, 4.69) is 139 Å². The first-order valence-corrected chi connectivity index (χ1v) is 15.8. The van der Waals surface area contributed by atoms with Crippen LogP contribution in [0.2, 0.25) is 0 Å². The molecule has 6 rings (SSSR count). The lowest BCUT2D eigenvalue weighted by Gasteiger charge is -2.30. The summed E-state index contributed by atoms with van der Waals surface area (Å²) < 4.78 is 11.4. The normalized spacial score (nSPS) is 14.7. The fraction of sp³-hybridized carbons (Fsp3) is 0.286. The molecule has 0 spiro atoms. The van der Waals surface area contributed by atoms with Crippen molar-refractivity contribution in [2.45, 2.75) is 59.3 Å². The Labute approximate surface area is 268 Å². The second-order valence-electron chi connectivity index (χ2n) is 13.4. The van der Waals surface area contributed by atoms with Crippen molar-refractivity contribution in [2.24, 2.45) is 0 Å². The molecular weight excluding hydrogens is 550 g/mol. The van der Waals surface area contributed by atoms with E-state index in [1.807, 2.05) is 7.05 Å². The highest BCUT2D eigenvalue weighted by molar-refractivity contribution is 6.07. The number of allylic oxidation sites excluding steroid dienone is 1. The summed E-state index contributed by atoms with van der Waals surface area (Å²) in [7, 11) is 5.44. The molecule has 0 amide bonds. The van der Waals surface area contributed by atoms with Gasteiger partial charge in [0.1, 0.15) is 11.5 Å². The maximum atomic E-state index is 5.85. The average molecular weight is 596 g/mol. The van der Waals surface area contributed by atoms with Crippen LogP contribution < -0.4 is 14.8 Å². The molecule has 0 saturated carbocycles. The van der Waals surface area contributed by atoms with Crippen molar-refractivity contribution in [1.29, 1.82) is 0 Å². The fourth-order valence-corrected chi connectivity index (χ4v) is 7.81. The summed E-state index contributed by atoms with van der Waals surface area (Å²) in [5.41, 5.74) is 14.9. The van der Waals surface area contributed by atoms with E-state index in [0.717, 1.165) is 22.7 Å². The maximum Gasteiger partial charge on any atom is 0.122 e. The number of fused-ring (bicyclic) bond motifs is 5. The van der Waals surface area contributed by atoms with Gasteiger partial charge in [-0.3, -0.25) is 0 Å². The molecule has 45 heavy (non-hydrogen) atoms. The third kappa shape index (κ3) is 4.81. The number of hydrogen-bond donors (Lipinski definition) is 1. The van der Waals surface area contributed by atoms with Gasteiger partial charge in [0, 0.05) is 23.6 Å². The highest BCUT2D eigenvalue weighted by atomic mass is 16.5. The maximum absolute atomic E-state index is 5.85. The third-order valence-corrected chi connectivity index (χ3v) is 10.2. The van der Waals surface area contributed by atoms with E-state index in [0.29, 0.717) is 0 Å². The van der Waals surface area contributed by atoms with E-state index >= 15 is 0 Å². The van der Waals surface area contributed by atoms with Gasteiger partial charge in [0.2, 0.25) is 0 Å². The molecule has 1 N–H and O–H groups in total. The number of ether oxygens (including phenoxy) is 2. The van der Waals surface area contributed by atoms with Crippen LogP contribution in [0.1, 0.15) is 70.8 Å². The standard InChI is InChI=1S/C42H45NO2/c1-25-21-27(3)39-36(22-25)38-35-23-26(2)37(45-10)24-34(35)28(4)33(40(38)41(39,5)6)19-20-42(7,29-11-15-31(43-8)16-12-29)30-13-17-32(44-9)18-14-30/h11-24,43H,1-10H3/b20-19-. The van der Waals surface area contributed by atoms with Gasteiger partial charge in [0.15, 0.2) is 0 Å². The van der Waals surface area contributed by atoms with E-state index in [1.165, 1.54) is 66.4 Å². The minimum Gasteiger partial charge on any atom is -0.497 e. The first-order chi connectivity index (χ1) is 21.4. The monoisotopic (exact) mass is 595 g/mol. The number of benzene rings is 5. The third-order valence-electron chi connectivity index (χ3n) is 10.2. The Kier molecular flexibility index (Phi) is 7.56. The van der Waals surface area contributed by atoms with Crippen molar-refractivity contribution in [2.75, 3.05) is 26.6 Å². The summed E-state index contributed by atoms with van der Waals surface area (Å²) in [5.74, 6) is 1.78.